The molecule has 1 N–H and O–H groups in total. The van der Waals surface area contributed by atoms with Crippen molar-refractivity contribution in [2.75, 3.05) is 26.8 Å². The standard InChI is InChI=1S/C14H19NO3/c1-18-13-4-2-11(3-5-13)8-14(17)15-7-6-12(9-15)10-16/h2-5,12,16H,6-10H2,1H3. The fraction of sp³-hybridized carbons (Fsp3) is 0.500. The molecule has 98 valence electrons. The number of likely N-dealkylation sites (tertiary alicyclic amines) is 1. The summed E-state index contributed by atoms with van der Waals surface area (Å²) in [4.78, 5) is 13.9. The van der Waals surface area contributed by atoms with Gasteiger partial charge in [-0.05, 0) is 24.1 Å². The lowest BCUT2D eigenvalue weighted by molar-refractivity contribution is -0.129. The van der Waals surface area contributed by atoms with Gasteiger partial charge < -0.3 is 14.7 Å². The Hall–Kier alpha value is -1.55. The minimum atomic E-state index is 0.135. The number of carbonyl (C=O) groups is 1. The topological polar surface area (TPSA) is 49.8 Å². The summed E-state index contributed by atoms with van der Waals surface area (Å²) in [5.74, 6) is 1.19. The Kier molecular flexibility index (Phi) is 4.20. The lowest BCUT2D eigenvalue weighted by atomic mass is 10.1. The third kappa shape index (κ3) is 3.01. The van der Waals surface area contributed by atoms with Crippen LogP contribution in [0.3, 0.4) is 0 Å². The number of methoxy groups -OCH3 is 1. The van der Waals surface area contributed by atoms with Crippen molar-refractivity contribution >= 4 is 5.91 Å². The minimum absolute atomic E-state index is 0.135. The molecule has 0 bridgehead atoms. The van der Waals surface area contributed by atoms with E-state index in [1.165, 1.54) is 0 Å². The molecule has 1 aliphatic rings. The number of rotatable bonds is 4. The summed E-state index contributed by atoms with van der Waals surface area (Å²) in [6.45, 7) is 1.62. The lowest BCUT2D eigenvalue weighted by Gasteiger charge is -2.16. The van der Waals surface area contributed by atoms with E-state index in [9.17, 15) is 4.79 Å². The van der Waals surface area contributed by atoms with E-state index in [0.717, 1.165) is 24.3 Å². The molecule has 0 spiro atoms. The van der Waals surface area contributed by atoms with E-state index in [1.807, 2.05) is 29.2 Å². The molecule has 0 radical (unpaired) electrons. The summed E-state index contributed by atoms with van der Waals surface area (Å²) in [7, 11) is 1.62. The largest absolute Gasteiger partial charge is 0.497 e. The number of aliphatic hydroxyl groups is 1. The molecule has 4 nitrogen and oxygen atoms in total. The number of benzene rings is 1. The van der Waals surface area contributed by atoms with E-state index in [4.69, 9.17) is 9.84 Å². The van der Waals surface area contributed by atoms with Crippen LogP contribution < -0.4 is 4.74 Å². The number of amides is 1. The second-order valence-electron chi connectivity index (χ2n) is 4.70. The van der Waals surface area contributed by atoms with Crippen LogP contribution in [0, 0.1) is 5.92 Å². The molecule has 1 aromatic rings. The van der Waals surface area contributed by atoms with Gasteiger partial charge in [0.1, 0.15) is 5.75 Å². The zero-order valence-corrected chi connectivity index (χ0v) is 10.6. The Morgan fingerprint density at radius 2 is 2.17 bits per heavy atom. The summed E-state index contributed by atoms with van der Waals surface area (Å²) in [6, 6.07) is 7.55. The van der Waals surface area contributed by atoms with Crippen LogP contribution in [0.2, 0.25) is 0 Å². The summed E-state index contributed by atoms with van der Waals surface area (Å²) < 4.78 is 5.08. The average molecular weight is 249 g/mol. The first-order chi connectivity index (χ1) is 8.72. The van der Waals surface area contributed by atoms with Crippen molar-refractivity contribution in [3.63, 3.8) is 0 Å². The maximum absolute atomic E-state index is 12.0. The van der Waals surface area contributed by atoms with E-state index in [2.05, 4.69) is 0 Å². The third-order valence-corrected chi connectivity index (χ3v) is 3.41. The lowest BCUT2D eigenvalue weighted by Crippen LogP contribution is -2.30. The highest BCUT2D eigenvalue weighted by Crippen LogP contribution is 2.17. The summed E-state index contributed by atoms with van der Waals surface area (Å²) in [5.41, 5.74) is 0.994. The van der Waals surface area contributed by atoms with Crippen LogP contribution in [0.5, 0.6) is 5.75 Å². The fourth-order valence-electron chi connectivity index (χ4n) is 2.24. The average Bonchev–Trinajstić information content (AvgIpc) is 2.88. The van der Waals surface area contributed by atoms with Crippen LogP contribution in [0.25, 0.3) is 0 Å². The molecule has 1 atom stereocenters. The summed E-state index contributed by atoms with van der Waals surface area (Å²) in [5, 5.41) is 9.06. The van der Waals surface area contributed by atoms with Crippen molar-refractivity contribution in [3.8, 4) is 5.75 Å². The molecule has 18 heavy (non-hydrogen) atoms. The number of carbonyl (C=O) groups excluding carboxylic acids is 1. The van der Waals surface area contributed by atoms with Gasteiger partial charge >= 0.3 is 0 Å². The maximum atomic E-state index is 12.0. The highest BCUT2D eigenvalue weighted by atomic mass is 16.5. The molecule has 1 amide bonds. The summed E-state index contributed by atoms with van der Waals surface area (Å²) >= 11 is 0. The number of nitrogens with zero attached hydrogens (tertiary/aromatic N) is 1. The van der Waals surface area contributed by atoms with Gasteiger partial charge in [-0.15, -0.1) is 0 Å². The number of aliphatic hydroxyl groups excluding tert-OH is 1. The molecule has 1 aromatic carbocycles. The van der Waals surface area contributed by atoms with E-state index in [0.29, 0.717) is 13.0 Å². The fourth-order valence-corrected chi connectivity index (χ4v) is 2.24. The van der Waals surface area contributed by atoms with Gasteiger partial charge in [-0.1, -0.05) is 12.1 Å². The maximum Gasteiger partial charge on any atom is 0.227 e. The van der Waals surface area contributed by atoms with Crippen molar-refractivity contribution in [1.29, 1.82) is 0 Å². The molecular weight excluding hydrogens is 230 g/mol. The van der Waals surface area contributed by atoms with Crippen molar-refractivity contribution in [2.45, 2.75) is 12.8 Å². The molecule has 1 aliphatic heterocycles. The Morgan fingerprint density at radius 3 is 2.72 bits per heavy atom. The second-order valence-corrected chi connectivity index (χ2v) is 4.70. The molecule has 4 heteroatoms. The van der Waals surface area contributed by atoms with E-state index >= 15 is 0 Å². The van der Waals surface area contributed by atoms with Crippen LogP contribution in [-0.2, 0) is 11.2 Å². The predicted molar refractivity (Wildman–Crippen MR) is 68.5 cm³/mol. The van der Waals surface area contributed by atoms with Gasteiger partial charge in [0.05, 0.1) is 13.5 Å². The van der Waals surface area contributed by atoms with Crippen molar-refractivity contribution < 1.29 is 14.6 Å². The van der Waals surface area contributed by atoms with Crippen LogP contribution in [-0.4, -0.2) is 42.7 Å². The van der Waals surface area contributed by atoms with Crippen molar-refractivity contribution in [2.24, 2.45) is 5.92 Å². The smallest absolute Gasteiger partial charge is 0.227 e. The summed E-state index contributed by atoms with van der Waals surface area (Å²) in [6.07, 6.45) is 1.33. The van der Waals surface area contributed by atoms with E-state index in [-0.39, 0.29) is 18.4 Å². The monoisotopic (exact) mass is 249 g/mol. The van der Waals surface area contributed by atoms with Gasteiger partial charge in [0.15, 0.2) is 0 Å². The molecule has 1 unspecified atom stereocenters. The number of hydrogen-bond acceptors (Lipinski definition) is 3. The first kappa shape index (κ1) is 12.9. The normalized spacial score (nSPS) is 19.0. The van der Waals surface area contributed by atoms with Gasteiger partial charge in [0.25, 0.3) is 0 Å². The minimum Gasteiger partial charge on any atom is -0.497 e. The molecule has 1 fully saturated rings. The van der Waals surface area contributed by atoms with Gasteiger partial charge in [-0.3, -0.25) is 4.79 Å². The molecular formula is C14H19NO3. The van der Waals surface area contributed by atoms with Gasteiger partial charge in [-0.2, -0.15) is 0 Å². The Morgan fingerprint density at radius 1 is 1.44 bits per heavy atom. The molecule has 0 aliphatic carbocycles. The number of ether oxygens (including phenoxy) is 1. The Balaban J connectivity index is 1.90. The highest BCUT2D eigenvalue weighted by Gasteiger charge is 2.25. The SMILES string of the molecule is COc1ccc(CC(=O)N2CCC(CO)C2)cc1. The molecule has 1 heterocycles. The van der Waals surface area contributed by atoms with Gasteiger partial charge in [0.2, 0.25) is 5.91 Å². The van der Waals surface area contributed by atoms with Gasteiger partial charge in [0, 0.05) is 25.6 Å². The zero-order valence-electron chi connectivity index (χ0n) is 10.6. The third-order valence-electron chi connectivity index (χ3n) is 3.41. The first-order valence-electron chi connectivity index (χ1n) is 6.24. The molecule has 0 aromatic heterocycles. The quantitative estimate of drug-likeness (QED) is 0.868. The Bertz CT molecular complexity index is 402. The Labute approximate surface area is 107 Å². The van der Waals surface area contributed by atoms with Gasteiger partial charge in [-0.25, -0.2) is 0 Å². The van der Waals surface area contributed by atoms with Crippen molar-refractivity contribution in [1.82, 2.24) is 4.90 Å². The van der Waals surface area contributed by atoms with E-state index in [1.54, 1.807) is 7.11 Å². The molecule has 2 rings (SSSR count). The predicted octanol–water partition coefficient (Wildman–Crippen LogP) is 1.08. The highest BCUT2D eigenvalue weighted by molar-refractivity contribution is 5.79. The van der Waals surface area contributed by atoms with E-state index < -0.39 is 0 Å². The first-order valence-corrected chi connectivity index (χ1v) is 6.24. The van der Waals surface area contributed by atoms with Crippen LogP contribution in [0.4, 0.5) is 0 Å². The van der Waals surface area contributed by atoms with Crippen LogP contribution in [0.1, 0.15) is 12.0 Å². The zero-order chi connectivity index (χ0) is 13.0. The molecule has 1 saturated heterocycles. The van der Waals surface area contributed by atoms with Crippen LogP contribution in [0.15, 0.2) is 24.3 Å². The van der Waals surface area contributed by atoms with Crippen LogP contribution >= 0.6 is 0 Å². The molecule has 0 saturated carbocycles. The van der Waals surface area contributed by atoms with Crippen molar-refractivity contribution in [3.05, 3.63) is 29.8 Å². The number of hydrogen-bond donors (Lipinski definition) is 1. The second kappa shape index (κ2) is 5.87.